The number of para-hydroxylation sites is 1. The highest BCUT2D eigenvalue weighted by Crippen LogP contribution is 2.28. The van der Waals surface area contributed by atoms with Gasteiger partial charge in [-0.15, -0.1) is 0 Å². The summed E-state index contributed by atoms with van der Waals surface area (Å²) >= 11 is 0. The van der Waals surface area contributed by atoms with Crippen molar-refractivity contribution in [1.29, 1.82) is 0 Å². The van der Waals surface area contributed by atoms with Crippen LogP contribution in [0.1, 0.15) is 53.0 Å². The molecule has 120 valence electrons. The average molecular weight is 290 g/mol. The Labute approximate surface area is 131 Å². The van der Waals surface area contributed by atoms with Crippen molar-refractivity contribution >= 4 is 5.69 Å². The largest absolute Gasteiger partial charge is 0.371 e. The minimum absolute atomic E-state index is 0.317. The van der Waals surface area contributed by atoms with Gasteiger partial charge in [-0.1, -0.05) is 52.3 Å². The van der Waals surface area contributed by atoms with Crippen LogP contribution in [0.3, 0.4) is 0 Å². The van der Waals surface area contributed by atoms with Crippen LogP contribution >= 0.6 is 0 Å². The molecule has 0 aliphatic heterocycles. The van der Waals surface area contributed by atoms with Crippen LogP contribution in [0, 0.1) is 12.3 Å². The van der Waals surface area contributed by atoms with Crippen LogP contribution in [0.15, 0.2) is 24.3 Å². The summed E-state index contributed by atoms with van der Waals surface area (Å²) in [5.74, 6) is 0. The second-order valence-corrected chi connectivity index (χ2v) is 6.90. The Bertz CT molecular complexity index is 414. The normalized spacial score (nSPS) is 14.2. The third kappa shape index (κ3) is 5.70. The molecule has 0 aliphatic rings. The summed E-state index contributed by atoms with van der Waals surface area (Å²) in [7, 11) is 0. The van der Waals surface area contributed by atoms with Gasteiger partial charge in [0.25, 0.3) is 0 Å². The maximum absolute atomic E-state index is 3.64. The van der Waals surface area contributed by atoms with Crippen molar-refractivity contribution in [1.82, 2.24) is 5.32 Å². The number of hydrogen-bond acceptors (Lipinski definition) is 2. The summed E-state index contributed by atoms with van der Waals surface area (Å²) in [6, 6.07) is 9.28. The highest BCUT2D eigenvalue weighted by molar-refractivity contribution is 5.53. The van der Waals surface area contributed by atoms with Crippen molar-refractivity contribution in [3.8, 4) is 0 Å². The minimum Gasteiger partial charge on any atom is -0.371 e. The van der Waals surface area contributed by atoms with Gasteiger partial charge < -0.3 is 10.2 Å². The lowest BCUT2D eigenvalue weighted by atomic mass is 9.84. The van der Waals surface area contributed by atoms with Crippen LogP contribution in [0.4, 0.5) is 5.69 Å². The van der Waals surface area contributed by atoms with E-state index in [-0.39, 0.29) is 0 Å². The van der Waals surface area contributed by atoms with Gasteiger partial charge >= 0.3 is 0 Å². The topological polar surface area (TPSA) is 15.3 Å². The first-order valence-electron chi connectivity index (χ1n) is 8.46. The van der Waals surface area contributed by atoms with E-state index in [4.69, 9.17) is 0 Å². The molecule has 0 aromatic heterocycles. The van der Waals surface area contributed by atoms with Gasteiger partial charge in [0.1, 0.15) is 0 Å². The number of nitrogens with one attached hydrogen (secondary N) is 1. The molecule has 1 aromatic carbocycles. The molecule has 0 saturated heterocycles. The van der Waals surface area contributed by atoms with Crippen LogP contribution < -0.4 is 10.2 Å². The lowest BCUT2D eigenvalue weighted by molar-refractivity contribution is 0.273. The van der Waals surface area contributed by atoms with Crippen LogP contribution in [0.2, 0.25) is 0 Å². The lowest BCUT2D eigenvalue weighted by Crippen LogP contribution is -2.44. The molecule has 21 heavy (non-hydrogen) atoms. The van der Waals surface area contributed by atoms with Gasteiger partial charge in [-0.2, -0.15) is 0 Å². The van der Waals surface area contributed by atoms with Gasteiger partial charge in [0.15, 0.2) is 0 Å². The fraction of sp³-hybridized carbons (Fsp3) is 0.684. The van der Waals surface area contributed by atoms with E-state index in [0.717, 1.165) is 19.6 Å². The zero-order valence-corrected chi connectivity index (χ0v) is 14.9. The molecule has 0 heterocycles. The first-order chi connectivity index (χ1) is 9.91. The smallest absolute Gasteiger partial charge is 0.0396 e. The van der Waals surface area contributed by atoms with Crippen molar-refractivity contribution in [3.05, 3.63) is 29.8 Å². The molecule has 0 aliphatic carbocycles. The Balaban J connectivity index is 2.86. The van der Waals surface area contributed by atoms with E-state index in [1.54, 1.807) is 0 Å². The maximum atomic E-state index is 3.64. The number of rotatable bonds is 9. The Hall–Kier alpha value is -1.02. The predicted octanol–water partition coefficient (Wildman–Crippen LogP) is 4.63. The van der Waals surface area contributed by atoms with Gasteiger partial charge in [0.05, 0.1) is 0 Å². The zero-order chi connectivity index (χ0) is 15.9. The highest BCUT2D eigenvalue weighted by Gasteiger charge is 2.26. The molecule has 1 rings (SSSR count). The van der Waals surface area contributed by atoms with Crippen LogP contribution in [-0.2, 0) is 0 Å². The van der Waals surface area contributed by atoms with Crippen molar-refractivity contribution in [2.45, 2.75) is 60.4 Å². The maximum Gasteiger partial charge on any atom is 0.0396 e. The molecule has 0 fully saturated rings. The Morgan fingerprint density at radius 1 is 1.19 bits per heavy atom. The summed E-state index contributed by atoms with van der Waals surface area (Å²) in [6.45, 7) is 16.9. The number of aryl methyl sites for hydroxylation is 1. The number of anilines is 1. The Morgan fingerprint density at radius 2 is 1.86 bits per heavy atom. The molecular weight excluding hydrogens is 256 g/mol. The fourth-order valence-electron chi connectivity index (χ4n) is 3.02. The van der Waals surface area contributed by atoms with Crippen molar-refractivity contribution in [2.24, 2.45) is 5.41 Å². The predicted molar refractivity (Wildman–Crippen MR) is 95.2 cm³/mol. The van der Waals surface area contributed by atoms with E-state index in [2.05, 4.69) is 76.0 Å². The van der Waals surface area contributed by atoms with E-state index >= 15 is 0 Å². The van der Waals surface area contributed by atoms with E-state index in [9.17, 15) is 0 Å². The number of hydrogen-bond donors (Lipinski definition) is 1. The molecule has 2 nitrogen and oxygen atoms in total. The molecule has 1 atom stereocenters. The summed E-state index contributed by atoms with van der Waals surface area (Å²) < 4.78 is 0. The van der Waals surface area contributed by atoms with E-state index < -0.39 is 0 Å². The number of nitrogens with zero attached hydrogens (tertiary/aromatic N) is 1. The molecule has 1 unspecified atom stereocenters. The summed E-state index contributed by atoms with van der Waals surface area (Å²) in [6.07, 6.45) is 2.50. The van der Waals surface area contributed by atoms with Gasteiger partial charge in [-0.25, -0.2) is 0 Å². The molecule has 2 heteroatoms. The van der Waals surface area contributed by atoms with Gasteiger partial charge in [0, 0.05) is 31.4 Å². The SMILES string of the molecule is CCCC(C)(CNC(C)C)CN(CC)c1ccccc1C. The molecule has 0 amide bonds. The Morgan fingerprint density at radius 3 is 2.38 bits per heavy atom. The van der Waals surface area contributed by atoms with Crippen LogP contribution in [0.25, 0.3) is 0 Å². The van der Waals surface area contributed by atoms with Crippen molar-refractivity contribution < 1.29 is 0 Å². The van der Waals surface area contributed by atoms with Gasteiger partial charge in [-0.3, -0.25) is 0 Å². The minimum atomic E-state index is 0.317. The summed E-state index contributed by atoms with van der Waals surface area (Å²) in [4.78, 5) is 2.53. The molecule has 1 aromatic rings. The Kier molecular flexibility index (Phi) is 7.24. The van der Waals surface area contributed by atoms with Crippen LogP contribution in [-0.4, -0.2) is 25.7 Å². The molecule has 1 N–H and O–H groups in total. The van der Waals surface area contributed by atoms with Crippen molar-refractivity contribution in [2.75, 3.05) is 24.5 Å². The molecular formula is C19H34N2. The zero-order valence-electron chi connectivity index (χ0n) is 14.9. The first-order valence-corrected chi connectivity index (χ1v) is 8.46. The molecule has 0 bridgehead atoms. The van der Waals surface area contributed by atoms with Gasteiger partial charge in [-0.05, 0) is 37.3 Å². The van der Waals surface area contributed by atoms with Crippen LogP contribution in [0.5, 0.6) is 0 Å². The second kappa shape index (κ2) is 8.43. The van der Waals surface area contributed by atoms with E-state index in [0.29, 0.717) is 11.5 Å². The average Bonchev–Trinajstić information content (AvgIpc) is 2.44. The van der Waals surface area contributed by atoms with Crippen molar-refractivity contribution in [3.63, 3.8) is 0 Å². The molecule has 0 spiro atoms. The molecule has 0 radical (unpaired) electrons. The van der Waals surface area contributed by atoms with E-state index in [1.807, 2.05) is 0 Å². The fourth-order valence-corrected chi connectivity index (χ4v) is 3.02. The summed E-state index contributed by atoms with van der Waals surface area (Å²) in [5.41, 5.74) is 3.07. The van der Waals surface area contributed by atoms with Gasteiger partial charge in [0.2, 0.25) is 0 Å². The standard InChI is InChI=1S/C19H34N2/c1-7-13-19(6,14-20-16(3)4)15-21(8-2)18-12-10-9-11-17(18)5/h9-12,16,20H,7-8,13-15H2,1-6H3. The first kappa shape index (κ1) is 18.0. The molecule has 0 saturated carbocycles. The highest BCUT2D eigenvalue weighted by atomic mass is 15.1. The monoisotopic (exact) mass is 290 g/mol. The third-order valence-electron chi connectivity index (χ3n) is 4.20. The quantitative estimate of drug-likeness (QED) is 0.713. The third-order valence-corrected chi connectivity index (χ3v) is 4.20. The van der Waals surface area contributed by atoms with E-state index in [1.165, 1.54) is 24.1 Å². The lowest BCUT2D eigenvalue weighted by Gasteiger charge is -2.37. The summed E-state index contributed by atoms with van der Waals surface area (Å²) in [5, 5.41) is 3.64. The number of benzene rings is 1. The second-order valence-electron chi connectivity index (χ2n) is 6.90.